The molecule has 0 bridgehead atoms. The molecule has 0 saturated carbocycles. The monoisotopic (exact) mass is 275 g/mol. The summed E-state index contributed by atoms with van der Waals surface area (Å²) in [4.78, 5) is 0. The fourth-order valence-electron chi connectivity index (χ4n) is 3.02. The Hall–Kier alpha value is -1.12. The average Bonchev–Trinajstić information content (AvgIpc) is 2.50. The Balaban J connectivity index is 3.23. The van der Waals surface area contributed by atoms with Crippen molar-refractivity contribution in [1.29, 1.82) is 0 Å². The van der Waals surface area contributed by atoms with Crippen LogP contribution in [0.5, 0.6) is 0 Å². The van der Waals surface area contributed by atoms with E-state index in [1.165, 1.54) is 0 Å². The molecule has 1 saturated heterocycles. The van der Waals surface area contributed by atoms with Gasteiger partial charge in [-0.05, 0) is 70.7 Å². The Morgan fingerprint density at radius 2 is 1.80 bits per heavy atom. The van der Waals surface area contributed by atoms with Crippen LogP contribution in [-0.4, -0.2) is 23.8 Å². The van der Waals surface area contributed by atoms with Crippen molar-refractivity contribution in [2.45, 2.75) is 46.1 Å². The molecule has 1 unspecified atom stereocenters. The van der Waals surface area contributed by atoms with Gasteiger partial charge in [0.2, 0.25) is 0 Å². The Morgan fingerprint density at radius 3 is 2.30 bits per heavy atom. The third-order valence-corrected chi connectivity index (χ3v) is 4.17. The zero-order valence-corrected chi connectivity index (χ0v) is 13.3. The molecule has 1 rings (SSSR count). The molecule has 0 aromatic heterocycles. The van der Waals surface area contributed by atoms with Crippen molar-refractivity contribution >= 4 is 0 Å². The standard InChI is InChI=1S/C18H29NO/c1-5-8-10-15(4)18(20,16(7-3)9-6-2)17-11-13-19-14-12-17/h5-10,17,19-20H,11-14H2,1-4H3/b8-5-,9-6-,15-10+,16-7+. The van der Waals surface area contributed by atoms with E-state index < -0.39 is 5.60 Å². The highest BCUT2D eigenvalue weighted by Crippen LogP contribution is 2.39. The fourth-order valence-corrected chi connectivity index (χ4v) is 3.02. The molecule has 0 aliphatic carbocycles. The molecule has 1 aliphatic heterocycles. The highest BCUT2D eigenvalue weighted by atomic mass is 16.3. The first-order valence-electron chi connectivity index (χ1n) is 7.63. The van der Waals surface area contributed by atoms with Gasteiger partial charge >= 0.3 is 0 Å². The molecule has 0 amide bonds. The lowest BCUT2D eigenvalue weighted by molar-refractivity contribution is 0.0392. The molecule has 0 aromatic rings. The van der Waals surface area contributed by atoms with Crippen molar-refractivity contribution in [3.05, 3.63) is 47.6 Å². The van der Waals surface area contributed by atoms with Crippen LogP contribution in [0.4, 0.5) is 0 Å². The van der Waals surface area contributed by atoms with E-state index in [-0.39, 0.29) is 5.92 Å². The maximum Gasteiger partial charge on any atom is 0.113 e. The van der Waals surface area contributed by atoms with Crippen molar-refractivity contribution in [1.82, 2.24) is 5.32 Å². The maximum absolute atomic E-state index is 11.5. The highest BCUT2D eigenvalue weighted by Gasteiger charge is 2.40. The zero-order valence-electron chi connectivity index (χ0n) is 13.3. The minimum absolute atomic E-state index is 0.271. The molecular formula is C18H29NO. The first-order valence-corrected chi connectivity index (χ1v) is 7.63. The fraction of sp³-hybridized carbons (Fsp3) is 0.556. The molecule has 2 nitrogen and oxygen atoms in total. The summed E-state index contributed by atoms with van der Waals surface area (Å²) in [6.07, 6.45) is 14.1. The van der Waals surface area contributed by atoms with E-state index in [9.17, 15) is 5.11 Å². The third kappa shape index (κ3) is 3.71. The van der Waals surface area contributed by atoms with E-state index >= 15 is 0 Å². The molecule has 2 heteroatoms. The van der Waals surface area contributed by atoms with Gasteiger partial charge < -0.3 is 10.4 Å². The van der Waals surface area contributed by atoms with Crippen molar-refractivity contribution in [3.8, 4) is 0 Å². The summed E-state index contributed by atoms with van der Waals surface area (Å²) in [6.45, 7) is 10.00. The molecule has 1 fully saturated rings. The van der Waals surface area contributed by atoms with Crippen molar-refractivity contribution in [3.63, 3.8) is 0 Å². The Morgan fingerprint density at radius 1 is 1.15 bits per heavy atom. The number of aliphatic hydroxyl groups is 1. The lowest BCUT2D eigenvalue weighted by atomic mass is 9.71. The van der Waals surface area contributed by atoms with Gasteiger partial charge in [-0.2, -0.15) is 0 Å². The van der Waals surface area contributed by atoms with E-state index in [2.05, 4.69) is 5.32 Å². The quantitative estimate of drug-likeness (QED) is 0.749. The largest absolute Gasteiger partial charge is 0.380 e. The van der Waals surface area contributed by atoms with Gasteiger partial charge in [-0.1, -0.05) is 36.5 Å². The second-order valence-corrected chi connectivity index (χ2v) is 5.41. The normalized spacial score (nSPS) is 22.6. The predicted octanol–water partition coefficient (Wildman–Crippen LogP) is 3.76. The number of allylic oxidation sites excluding steroid dienone is 5. The first kappa shape index (κ1) is 16.9. The number of hydrogen-bond acceptors (Lipinski definition) is 2. The lowest BCUT2D eigenvalue weighted by Gasteiger charge is -2.41. The van der Waals surface area contributed by atoms with Gasteiger partial charge in [0.15, 0.2) is 0 Å². The molecule has 20 heavy (non-hydrogen) atoms. The highest BCUT2D eigenvalue weighted by molar-refractivity contribution is 5.40. The summed E-state index contributed by atoms with van der Waals surface area (Å²) in [6, 6.07) is 0. The van der Waals surface area contributed by atoms with Crippen LogP contribution in [0.2, 0.25) is 0 Å². The second kappa shape index (κ2) is 8.23. The average molecular weight is 275 g/mol. The molecule has 0 radical (unpaired) electrons. The summed E-state index contributed by atoms with van der Waals surface area (Å²) in [5.41, 5.74) is 1.17. The summed E-state index contributed by atoms with van der Waals surface area (Å²) >= 11 is 0. The van der Waals surface area contributed by atoms with Crippen LogP contribution in [0.3, 0.4) is 0 Å². The predicted molar refractivity (Wildman–Crippen MR) is 87.7 cm³/mol. The Bertz CT molecular complexity index is 411. The lowest BCUT2D eigenvalue weighted by Crippen LogP contribution is -2.46. The maximum atomic E-state index is 11.5. The van der Waals surface area contributed by atoms with Crippen LogP contribution in [0.25, 0.3) is 0 Å². The number of rotatable bonds is 5. The minimum Gasteiger partial charge on any atom is -0.380 e. The van der Waals surface area contributed by atoms with Gasteiger partial charge in [0.1, 0.15) is 5.60 Å². The molecule has 112 valence electrons. The van der Waals surface area contributed by atoms with Gasteiger partial charge in [0.25, 0.3) is 0 Å². The van der Waals surface area contributed by atoms with Crippen molar-refractivity contribution < 1.29 is 5.11 Å². The Labute approximate surface area is 124 Å². The number of hydrogen-bond donors (Lipinski definition) is 2. The molecule has 1 heterocycles. The minimum atomic E-state index is -0.858. The van der Waals surface area contributed by atoms with Crippen molar-refractivity contribution in [2.75, 3.05) is 13.1 Å². The molecular weight excluding hydrogens is 246 g/mol. The van der Waals surface area contributed by atoms with Crippen LogP contribution in [0.15, 0.2) is 47.6 Å². The van der Waals surface area contributed by atoms with Gasteiger partial charge in [-0.3, -0.25) is 0 Å². The van der Waals surface area contributed by atoms with Gasteiger partial charge in [0, 0.05) is 0 Å². The molecule has 1 aliphatic rings. The van der Waals surface area contributed by atoms with E-state index in [0.717, 1.165) is 37.1 Å². The third-order valence-electron chi connectivity index (χ3n) is 4.17. The van der Waals surface area contributed by atoms with Gasteiger partial charge in [-0.25, -0.2) is 0 Å². The van der Waals surface area contributed by atoms with Crippen molar-refractivity contribution in [2.24, 2.45) is 5.92 Å². The Kier molecular flexibility index (Phi) is 6.97. The summed E-state index contributed by atoms with van der Waals surface area (Å²) < 4.78 is 0. The summed E-state index contributed by atoms with van der Waals surface area (Å²) in [7, 11) is 0. The summed E-state index contributed by atoms with van der Waals surface area (Å²) in [5.74, 6) is 0.271. The SMILES string of the molecule is C/C=C\C=C(/C)C(O)(C(/C=C\C)=C/C)C1CCNCC1. The molecule has 2 N–H and O–H groups in total. The summed E-state index contributed by atoms with van der Waals surface area (Å²) in [5, 5.41) is 14.8. The molecule has 1 atom stereocenters. The zero-order chi connectivity index (χ0) is 15.0. The number of piperidine rings is 1. The van der Waals surface area contributed by atoms with E-state index in [1.807, 2.05) is 64.2 Å². The molecule has 0 spiro atoms. The molecule has 0 aromatic carbocycles. The van der Waals surface area contributed by atoms with Crippen LogP contribution < -0.4 is 5.32 Å². The van der Waals surface area contributed by atoms with Crippen LogP contribution in [0.1, 0.15) is 40.5 Å². The topological polar surface area (TPSA) is 32.3 Å². The van der Waals surface area contributed by atoms with E-state index in [4.69, 9.17) is 0 Å². The van der Waals surface area contributed by atoms with Crippen LogP contribution in [0, 0.1) is 5.92 Å². The first-order chi connectivity index (χ1) is 9.61. The van der Waals surface area contributed by atoms with Crippen LogP contribution in [-0.2, 0) is 0 Å². The van der Waals surface area contributed by atoms with E-state index in [1.54, 1.807) is 0 Å². The number of nitrogens with one attached hydrogen (secondary N) is 1. The van der Waals surface area contributed by atoms with Crippen LogP contribution >= 0.6 is 0 Å². The van der Waals surface area contributed by atoms with E-state index in [0.29, 0.717) is 0 Å². The smallest absolute Gasteiger partial charge is 0.113 e. The van der Waals surface area contributed by atoms with Gasteiger partial charge in [-0.15, -0.1) is 0 Å². The van der Waals surface area contributed by atoms with Gasteiger partial charge in [0.05, 0.1) is 0 Å². The second-order valence-electron chi connectivity index (χ2n) is 5.41.